The summed E-state index contributed by atoms with van der Waals surface area (Å²) >= 11 is 1.68. The van der Waals surface area contributed by atoms with Gasteiger partial charge in [0.25, 0.3) is 0 Å². The summed E-state index contributed by atoms with van der Waals surface area (Å²) in [6.07, 6.45) is 3.09. The Morgan fingerprint density at radius 2 is 2.50 bits per heavy atom. The summed E-state index contributed by atoms with van der Waals surface area (Å²) in [7, 11) is 0. The fraction of sp³-hybridized carbons (Fsp3) is 0.545. The SMILES string of the molecule is Cc1c(C2CCOCCN2)nc2sccn12. The summed E-state index contributed by atoms with van der Waals surface area (Å²) in [6, 6.07) is 0.342. The second kappa shape index (κ2) is 4.16. The molecule has 86 valence electrons. The average Bonchev–Trinajstić information content (AvgIpc) is 2.74. The molecule has 2 aromatic heterocycles. The van der Waals surface area contributed by atoms with Crippen LogP contribution in [0, 0.1) is 6.92 Å². The molecule has 0 bridgehead atoms. The molecule has 0 saturated carbocycles. The minimum atomic E-state index is 0.342. The van der Waals surface area contributed by atoms with Crippen molar-refractivity contribution >= 4 is 16.3 Å². The predicted octanol–water partition coefficient (Wildman–Crippen LogP) is 1.76. The van der Waals surface area contributed by atoms with Gasteiger partial charge in [-0.1, -0.05) is 0 Å². The molecule has 16 heavy (non-hydrogen) atoms. The molecule has 1 aliphatic heterocycles. The Morgan fingerprint density at radius 3 is 3.38 bits per heavy atom. The number of ether oxygens (including phenoxy) is 1. The van der Waals surface area contributed by atoms with Gasteiger partial charge in [-0.2, -0.15) is 0 Å². The monoisotopic (exact) mass is 237 g/mol. The Balaban J connectivity index is 1.97. The Morgan fingerprint density at radius 1 is 1.56 bits per heavy atom. The molecule has 1 unspecified atom stereocenters. The molecule has 5 heteroatoms. The van der Waals surface area contributed by atoms with Crippen molar-refractivity contribution in [3.05, 3.63) is 23.0 Å². The van der Waals surface area contributed by atoms with Crippen LogP contribution in [-0.4, -0.2) is 29.1 Å². The molecular weight excluding hydrogens is 222 g/mol. The van der Waals surface area contributed by atoms with Crippen molar-refractivity contribution in [3.63, 3.8) is 0 Å². The van der Waals surface area contributed by atoms with Crippen molar-refractivity contribution in [3.8, 4) is 0 Å². The molecule has 0 aromatic carbocycles. The second-order valence-electron chi connectivity index (χ2n) is 4.05. The highest BCUT2D eigenvalue weighted by molar-refractivity contribution is 7.15. The molecule has 1 atom stereocenters. The highest BCUT2D eigenvalue weighted by Gasteiger charge is 2.20. The van der Waals surface area contributed by atoms with Crippen LogP contribution in [0.15, 0.2) is 11.6 Å². The van der Waals surface area contributed by atoms with Gasteiger partial charge in [-0.25, -0.2) is 4.98 Å². The fourth-order valence-corrected chi connectivity index (χ4v) is 2.96. The number of imidazole rings is 1. The van der Waals surface area contributed by atoms with Crippen molar-refractivity contribution in [2.24, 2.45) is 0 Å². The minimum Gasteiger partial charge on any atom is -0.380 e. The van der Waals surface area contributed by atoms with Gasteiger partial charge in [0.15, 0.2) is 4.96 Å². The molecule has 1 fully saturated rings. The van der Waals surface area contributed by atoms with Crippen LogP contribution < -0.4 is 5.32 Å². The van der Waals surface area contributed by atoms with Crippen LogP contribution in [0.1, 0.15) is 23.9 Å². The van der Waals surface area contributed by atoms with Gasteiger partial charge < -0.3 is 10.1 Å². The van der Waals surface area contributed by atoms with Crippen LogP contribution in [0.4, 0.5) is 0 Å². The third-order valence-corrected chi connectivity index (χ3v) is 3.81. The number of aromatic nitrogens is 2. The Hall–Kier alpha value is -0.910. The molecule has 0 spiro atoms. The van der Waals surface area contributed by atoms with Crippen LogP contribution in [0.2, 0.25) is 0 Å². The lowest BCUT2D eigenvalue weighted by molar-refractivity contribution is 0.150. The third kappa shape index (κ3) is 1.65. The zero-order chi connectivity index (χ0) is 11.0. The average molecular weight is 237 g/mol. The van der Waals surface area contributed by atoms with E-state index < -0.39 is 0 Å². The molecule has 0 radical (unpaired) electrons. The maximum Gasteiger partial charge on any atom is 0.194 e. The van der Waals surface area contributed by atoms with Gasteiger partial charge in [0.2, 0.25) is 0 Å². The predicted molar refractivity (Wildman–Crippen MR) is 64.0 cm³/mol. The summed E-state index contributed by atoms with van der Waals surface area (Å²) in [4.78, 5) is 5.78. The van der Waals surface area contributed by atoms with E-state index in [4.69, 9.17) is 9.72 Å². The largest absolute Gasteiger partial charge is 0.380 e. The molecule has 0 aliphatic carbocycles. The van der Waals surface area contributed by atoms with E-state index in [1.165, 1.54) is 11.4 Å². The van der Waals surface area contributed by atoms with Gasteiger partial charge in [-0.05, 0) is 13.3 Å². The first kappa shape index (κ1) is 10.3. The van der Waals surface area contributed by atoms with E-state index >= 15 is 0 Å². The van der Waals surface area contributed by atoms with Gasteiger partial charge in [0.05, 0.1) is 18.3 Å². The Kier molecular flexibility index (Phi) is 2.67. The first-order chi connectivity index (χ1) is 7.86. The summed E-state index contributed by atoms with van der Waals surface area (Å²) in [5, 5.41) is 5.57. The number of nitrogens with zero attached hydrogens (tertiary/aromatic N) is 2. The Bertz CT molecular complexity index is 482. The van der Waals surface area contributed by atoms with Gasteiger partial charge in [-0.15, -0.1) is 11.3 Å². The number of rotatable bonds is 1. The summed E-state index contributed by atoms with van der Waals surface area (Å²) in [5.74, 6) is 0. The molecule has 1 N–H and O–H groups in total. The molecule has 2 aromatic rings. The molecule has 4 nitrogen and oxygen atoms in total. The lowest BCUT2D eigenvalue weighted by atomic mass is 10.1. The van der Waals surface area contributed by atoms with Gasteiger partial charge in [-0.3, -0.25) is 4.40 Å². The van der Waals surface area contributed by atoms with Gasteiger partial charge >= 0.3 is 0 Å². The van der Waals surface area contributed by atoms with E-state index in [1.54, 1.807) is 11.3 Å². The van der Waals surface area contributed by atoms with Crippen molar-refractivity contribution in [2.45, 2.75) is 19.4 Å². The van der Waals surface area contributed by atoms with E-state index in [9.17, 15) is 0 Å². The zero-order valence-corrected chi connectivity index (χ0v) is 10.1. The van der Waals surface area contributed by atoms with E-state index in [-0.39, 0.29) is 0 Å². The standard InChI is InChI=1S/C11H15N3OS/c1-8-10(9-2-5-15-6-3-12-9)13-11-14(8)4-7-16-11/h4,7,9,12H,2-3,5-6H2,1H3. The molecule has 1 aliphatic rings. The quantitative estimate of drug-likeness (QED) is 0.821. The molecular formula is C11H15N3OS. The lowest BCUT2D eigenvalue weighted by Crippen LogP contribution is -2.23. The van der Waals surface area contributed by atoms with Crippen LogP contribution in [0.5, 0.6) is 0 Å². The van der Waals surface area contributed by atoms with Crippen LogP contribution in [0.25, 0.3) is 4.96 Å². The highest BCUT2D eigenvalue weighted by atomic mass is 32.1. The van der Waals surface area contributed by atoms with Crippen LogP contribution >= 0.6 is 11.3 Å². The third-order valence-electron chi connectivity index (χ3n) is 3.06. The fourth-order valence-electron chi connectivity index (χ4n) is 2.19. The Labute approximate surface area is 98.3 Å². The van der Waals surface area contributed by atoms with Crippen molar-refractivity contribution in [1.82, 2.24) is 14.7 Å². The molecule has 1 saturated heterocycles. The number of nitrogens with one attached hydrogen (secondary N) is 1. The molecule has 0 amide bonds. The smallest absolute Gasteiger partial charge is 0.194 e. The van der Waals surface area contributed by atoms with E-state index in [2.05, 4.69) is 28.2 Å². The molecule has 3 rings (SSSR count). The normalized spacial score (nSPS) is 22.4. The number of aryl methyl sites for hydroxylation is 1. The number of fused-ring (bicyclic) bond motifs is 1. The van der Waals surface area contributed by atoms with Crippen molar-refractivity contribution < 1.29 is 4.74 Å². The zero-order valence-electron chi connectivity index (χ0n) is 9.27. The summed E-state index contributed by atoms with van der Waals surface area (Å²) in [6.45, 7) is 4.67. The van der Waals surface area contributed by atoms with E-state index in [1.807, 2.05) is 0 Å². The van der Waals surface area contributed by atoms with Gasteiger partial charge in [0, 0.05) is 30.4 Å². The van der Waals surface area contributed by atoms with E-state index in [0.29, 0.717) is 6.04 Å². The first-order valence-electron chi connectivity index (χ1n) is 5.59. The van der Waals surface area contributed by atoms with Crippen LogP contribution in [0.3, 0.4) is 0 Å². The minimum absolute atomic E-state index is 0.342. The highest BCUT2D eigenvalue weighted by Crippen LogP contribution is 2.24. The number of hydrogen-bond donors (Lipinski definition) is 1. The number of hydrogen-bond acceptors (Lipinski definition) is 4. The maximum absolute atomic E-state index is 5.45. The first-order valence-corrected chi connectivity index (χ1v) is 6.47. The summed E-state index contributed by atoms with van der Waals surface area (Å²) in [5.41, 5.74) is 2.42. The number of thiazole rings is 1. The second-order valence-corrected chi connectivity index (χ2v) is 4.92. The van der Waals surface area contributed by atoms with Crippen LogP contribution in [-0.2, 0) is 4.74 Å². The maximum atomic E-state index is 5.45. The van der Waals surface area contributed by atoms with Crippen molar-refractivity contribution in [1.29, 1.82) is 0 Å². The van der Waals surface area contributed by atoms with Gasteiger partial charge in [0.1, 0.15) is 0 Å². The summed E-state index contributed by atoms with van der Waals surface area (Å²) < 4.78 is 7.61. The molecule has 3 heterocycles. The van der Waals surface area contributed by atoms with Crippen molar-refractivity contribution in [2.75, 3.05) is 19.8 Å². The topological polar surface area (TPSA) is 38.6 Å². The van der Waals surface area contributed by atoms with E-state index in [0.717, 1.165) is 31.1 Å². The lowest BCUT2D eigenvalue weighted by Gasteiger charge is -2.13.